The number of methoxy groups -OCH3 is 2. The van der Waals surface area contributed by atoms with Gasteiger partial charge in [0.25, 0.3) is 0 Å². The van der Waals surface area contributed by atoms with E-state index < -0.39 is 0 Å². The highest BCUT2D eigenvalue weighted by Gasteiger charge is 2.39. The zero-order valence-electron chi connectivity index (χ0n) is 16.2. The number of carbonyl (C=O) groups is 2. The molecular formula is C20H30N2O4. The SMILES string of the molecule is COCCN(C(=O)[C@@H]1CC(=O)N([C@@H](C)c2ccccc2)C1)[C@@H](C)COC. The molecular weight excluding hydrogens is 332 g/mol. The van der Waals surface area contributed by atoms with Crippen molar-refractivity contribution < 1.29 is 19.1 Å². The van der Waals surface area contributed by atoms with Crippen molar-refractivity contribution >= 4 is 11.8 Å². The highest BCUT2D eigenvalue weighted by molar-refractivity contribution is 5.89. The molecule has 0 unspecified atom stereocenters. The summed E-state index contributed by atoms with van der Waals surface area (Å²) in [6.45, 7) is 5.84. The summed E-state index contributed by atoms with van der Waals surface area (Å²) in [5, 5.41) is 0. The molecule has 0 radical (unpaired) electrons. The fourth-order valence-corrected chi connectivity index (χ4v) is 3.49. The molecule has 6 nitrogen and oxygen atoms in total. The van der Waals surface area contributed by atoms with Crippen LogP contribution in [0.15, 0.2) is 30.3 Å². The molecule has 1 heterocycles. The predicted octanol–water partition coefficient (Wildman–Crippen LogP) is 2.11. The van der Waals surface area contributed by atoms with Gasteiger partial charge in [-0.2, -0.15) is 0 Å². The first kappa shape index (κ1) is 20.4. The van der Waals surface area contributed by atoms with Crippen molar-refractivity contribution in [2.45, 2.75) is 32.4 Å². The molecule has 1 aromatic carbocycles. The molecule has 6 heteroatoms. The normalized spacial score (nSPS) is 19.5. The molecule has 1 aliphatic rings. The lowest BCUT2D eigenvalue weighted by molar-refractivity contribution is -0.139. The molecule has 1 saturated heterocycles. The van der Waals surface area contributed by atoms with Gasteiger partial charge >= 0.3 is 0 Å². The van der Waals surface area contributed by atoms with Gasteiger partial charge in [-0.15, -0.1) is 0 Å². The monoisotopic (exact) mass is 362 g/mol. The van der Waals surface area contributed by atoms with Crippen LogP contribution in [0.5, 0.6) is 0 Å². The summed E-state index contributed by atoms with van der Waals surface area (Å²) < 4.78 is 10.3. The molecule has 0 N–H and O–H groups in total. The Labute approximate surface area is 156 Å². The molecule has 0 saturated carbocycles. The van der Waals surface area contributed by atoms with Crippen molar-refractivity contribution in [3.05, 3.63) is 35.9 Å². The lowest BCUT2D eigenvalue weighted by atomic mass is 10.1. The third-order valence-corrected chi connectivity index (χ3v) is 5.02. The Morgan fingerprint density at radius 3 is 2.54 bits per heavy atom. The molecule has 1 aromatic rings. The summed E-state index contributed by atoms with van der Waals surface area (Å²) in [4.78, 5) is 29.2. The van der Waals surface area contributed by atoms with Gasteiger partial charge in [0.1, 0.15) is 0 Å². The van der Waals surface area contributed by atoms with Gasteiger partial charge in [0, 0.05) is 33.7 Å². The van der Waals surface area contributed by atoms with E-state index in [1.54, 1.807) is 19.1 Å². The van der Waals surface area contributed by atoms with E-state index in [0.29, 0.717) is 26.3 Å². The van der Waals surface area contributed by atoms with Gasteiger partial charge in [-0.05, 0) is 19.4 Å². The zero-order chi connectivity index (χ0) is 19.1. The van der Waals surface area contributed by atoms with E-state index in [1.807, 2.05) is 49.1 Å². The first-order valence-corrected chi connectivity index (χ1v) is 9.12. The lowest BCUT2D eigenvalue weighted by Gasteiger charge is -2.31. The molecule has 1 aliphatic heterocycles. The van der Waals surface area contributed by atoms with Gasteiger partial charge in [-0.25, -0.2) is 0 Å². The maximum absolute atomic E-state index is 13.1. The van der Waals surface area contributed by atoms with E-state index in [2.05, 4.69) is 0 Å². The van der Waals surface area contributed by atoms with Gasteiger partial charge in [0.15, 0.2) is 0 Å². The summed E-state index contributed by atoms with van der Waals surface area (Å²) in [5.41, 5.74) is 1.08. The first-order valence-electron chi connectivity index (χ1n) is 9.12. The molecule has 0 bridgehead atoms. The standard InChI is InChI=1S/C20H30N2O4/c1-15(14-26-4)21(10-11-25-3)20(24)18-12-19(23)22(13-18)16(2)17-8-6-5-7-9-17/h5-9,15-16,18H,10-14H2,1-4H3/t15-,16-,18+/m0/s1. The Hall–Kier alpha value is -1.92. The largest absolute Gasteiger partial charge is 0.383 e. The lowest BCUT2D eigenvalue weighted by Crippen LogP contribution is -2.46. The van der Waals surface area contributed by atoms with Crippen LogP contribution in [-0.4, -0.2) is 68.2 Å². The summed E-state index contributed by atoms with van der Waals surface area (Å²) in [6, 6.07) is 9.82. The van der Waals surface area contributed by atoms with Crippen LogP contribution < -0.4 is 0 Å². The molecule has 144 valence electrons. The van der Waals surface area contributed by atoms with E-state index in [-0.39, 0.29) is 36.2 Å². The second-order valence-corrected chi connectivity index (χ2v) is 6.86. The van der Waals surface area contributed by atoms with Crippen LogP contribution in [0.25, 0.3) is 0 Å². The number of ether oxygens (including phenoxy) is 2. The minimum atomic E-state index is -0.315. The van der Waals surface area contributed by atoms with Gasteiger partial charge < -0.3 is 19.3 Å². The van der Waals surface area contributed by atoms with E-state index in [0.717, 1.165) is 5.56 Å². The molecule has 26 heavy (non-hydrogen) atoms. The Balaban J connectivity index is 2.08. The molecule has 2 rings (SSSR count). The van der Waals surface area contributed by atoms with Crippen LogP contribution in [0, 0.1) is 5.92 Å². The van der Waals surface area contributed by atoms with Gasteiger partial charge in [-0.3, -0.25) is 9.59 Å². The second-order valence-electron chi connectivity index (χ2n) is 6.86. The van der Waals surface area contributed by atoms with Crippen LogP contribution in [0.4, 0.5) is 0 Å². The van der Waals surface area contributed by atoms with Crippen LogP contribution in [-0.2, 0) is 19.1 Å². The number of benzene rings is 1. The highest BCUT2D eigenvalue weighted by Crippen LogP contribution is 2.29. The summed E-state index contributed by atoms with van der Waals surface area (Å²) >= 11 is 0. The summed E-state index contributed by atoms with van der Waals surface area (Å²) in [5.74, 6) is -0.279. The Morgan fingerprint density at radius 1 is 1.23 bits per heavy atom. The van der Waals surface area contributed by atoms with E-state index in [9.17, 15) is 9.59 Å². The summed E-state index contributed by atoms with van der Waals surface area (Å²) in [7, 11) is 3.24. The number of hydrogen-bond acceptors (Lipinski definition) is 4. The van der Waals surface area contributed by atoms with Gasteiger partial charge in [-0.1, -0.05) is 30.3 Å². The third-order valence-electron chi connectivity index (χ3n) is 5.02. The van der Waals surface area contributed by atoms with Crippen molar-refractivity contribution in [3.8, 4) is 0 Å². The van der Waals surface area contributed by atoms with Crippen molar-refractivity contribution in [1.29, 1.82) is 0 Å². The summed E-state index contributed by atoms with van der Waals surface area (Å²) in [6.07, 6.45) is 0.263. The van der Waals surface area contributed by atoms with E-state index in [1.165, 1.54) is 0 Å². The van der Waals surface area contributed by atoms with E-state index >= 15 is 0 Å². The highest BCUT2D eigenvalue weighted by atomic mass is 16.5. The van der Waals surface area contributed by atoms with Crippen LogP contribution in [0.3, 0.4) is 0 Å². The fraction of sp³-hybridized carbons (Fsp3) is 0.600. The van der Waals surface area contributed by atoms with Gasteiger partial charge in [0.2, 0.25) is 11.8 Å². The topological polar surface area (TPSA) is 59.1 Å². The molecule has 0 aromatic heterocycles. The molecule has 0 aliphatic carbocycles. The number of nitrogens with zero attached hydrogens (tertiary/aromatic N) is 2. The van der Waals surface area contributed by atoms with Crippen molar-refractivity contribution in [3.63, 3.8) is 0 Å². The number of amides is 2. The predicted molar refractivity (Wildman–Crippen MR) is 99.6 cm³/mol. The Kier molecular flexibility index (Phi) is 7.60. The molecule has 2 amide bonds. The molecule has 3 atom stereocenters. The third kappa shape index (κ3) is 4.83. The average molecular weight is 362 g/mol. The van der Waals surface area contributed by atoms with Crippen molar-refractivity contribution in [2.75, 3.05) is 40.5 Å². The Bertz CT molecular complexity index is 593. The molecule has 1 fully saturated rings. The molecule has 0 spiro atoms. The first-order chi connectivity index (χ1) is 12.5. The van der Waals surface area contributed by atoms with Gasteiger partial charge in [0.05, 0.1) is 31.2 Å². The average Bonchev–Trinajstić information content (AvgIpc) is 3.04. The number of rotatable bonds is 9. The van der Waals surface area contributed by atoms with Crippen molar-refractivity contribution in [2.24, 2.45) is 5.92 Å². The van der Waals surface area contributed by atoms with E-state index in [4.69, 9.17) is 9.47 Å². The smallest absolute Gasteiger partial charge is 0.228 e. The zero-order valence-corrected chi connectivity index (χ0v) is 16.2. The van der Waals surface area contributed by atoms with Crippen LogP contribution in [0.1, 0.15) is 31.9 Å². The fourth-order valence-electron chi connectivity index (χ4n) is 3.49. The quantitative estimate of drug-likeness (QED) is 0.675. The number of likely N-dealkylation sites (tertiary alicyclic amines) is 1. The Morgan fingerprint density at radius 2 is 1.92 bits per heavy atom. The van der Waals surface area contributed by atoms with Crippen molar-refractivity contribution in [1.82, 2.24) is 9.80 Å². The number of hydrogen-bond donors (Lipinski definition) is 0. The second kappa shape index (κ2) is 9.69. The minimum Gasteiger partial charge on any atom is -0.383 e. The van der Waals surface area contributed by atoms with Crippen LogP contribution >= 0.6 is 0 Å². The maximum Gasteiger partial charge on any atom is 0.228 e. The van der Waals surface area contributed by atoms with Crippen LogP contribution in [0.2, 0.25) is 0 Å². The number of carbonyl (C=O) groups excluding carboxylic acids is 2. The minimum absolute atomic E-state index is 0.00251. The maximum atomic E-state index is 13.1.